The molecule has 4 heteroatoms. The molecule has 0 aliphatic carbocycles. The second-order valence-electron chi connectivity index (χ2n) is 9.78. The van der Waals surface area contributed by atoms with Crippen molar-refractivity contribution in [2.45, 2.75) is 39.3 Å². The van der Waals surface area contributed by atoms with Gasteiger partial charge in [0.25, 0.3) is 0 Å². The van der Waals surface area contributed by atoms with Crippen LogP contribution in [0.2, 0.25) is 0 Å². The lowest BCUT2D eigenvalue weighted by molar-refractivity contribution is -0.136. The summed E-state index contributed by atoms with van der Waals surface area (Å²) < 4.78 is 8.15. The van der Waals surface area contributed by atoms with E-state index in [0.717, 1.165) is 33.3 Å². The van der Waals surface area contributed by atoms with Crippen molar-refractivity contribution in [2.24, 2.45) is 0 Å². The second kappa shape index (κ2) is 10.8. The molecule has 0 aliphatic heterocycles. The predicted molar refractivity (Wildman–Crippen MR) is 149 cm³/mol. The van der Waals surface area contributed by atoms with Gasteiger partial charge in [-0.3, -0.25) is 4.79 Å². The standard InChI is InChI=1S/C33H31NO3/c1-23(2)26-11-13-27(14-12-26)28-10-6-9-25(17-28)20-34-21-29(18-33(35)36)31-19-30(15-16-32(31)34)37-22-24-7-4-3-5-8-24/h3-17,19,21,23H,18,20,22H2,1-2H3,(H,35,36). The predicted octanol–water partition coefficient (Wildman–Crippen LogP) is 7.69. The average molecular weight is 490 g/mol. The van der Waals surface area contributed by atoms with E-state index >= 15 is 0 Å². The van der Waals surface area contributed by atoms with Gasteiger partial charge in [-0.05, 0) is 63.6 Å². The first-order valence-electron chi connectivity index (χ1n) is 12.7. The van der Waals surface area contributed by atoms with Crippen molar-refractivity contribution in [1.29, 1.82) is 0 Å². The molecule has 0 radical (unpaired) electrons. The van der Waals surface area contributed by atoms with Crippen molar-refractivity contribution in [3.05, 3.63) is 126 Å². The Kier molecular flexibility index (Phi) is 7.09. The van der Waals surface area contributed by atoms with Gasteiger partial charge in [0, 0.05) is 23.6 Å². The molecule has 0 aliphatic rings. The van der Waals surface area contributed by atoms with E-state index in [1.54, 1.807) is 0 Å². The van der Waals surface area contributed by atoms with Gasteiger partial charge in [-0.25, -0.2) is 0 Å². The van der Waals surface area contributed by atoms with Gasteiger partial charge in [0.2, 0.25) is 0 Å². The van der Waals surface area contributed by atoms with Crippen LogP contribution < -0.4 is 4.74 Å². The van der Waals surface area contributed by atoms with Crippen LogP contribution in [0.5, 0.6) is 5.75 Å². The Morgan fingerprint density at radius 3 is 2.32 bits per heavy atom. The van der Waals surface area contributed by atoms with Crippen LogP contribution in [-0.2, 0) is 24.4 Å². The van der Waals surface area contributed by atoms with E-state index in [1.807, 2.05) is 54.7 Å². The highest BCUT2D eigenvalue weighted by molar-refractivity contribution is 5.88. The molecule has 0 bridgehead atoms. The number of benzene rings is 4. The molecule has 5 rings (SSSR count). The molecule has 0 saturated carbocycles. The number of ether oxygens (including phenoxy) is 1. The van der Waals surface area contributed by atoms with Gasteiger partial charge in [0.1, 0.15) is 12.4 Å². The molecule has 1 N–H and O–H groups in total. The van der Waals surface area contributed by atoms with Gasteiger partial charge in [0.15, 0.2) is 0 Å². The molecular weight excluding hydrogens is 458 g/mol. The molecule has 1 heterocycles. The number of nitrogens with zero attached hydrogens (tertiary/aromatic N) is 1. The Labute approximate surface area is 217 Å². The van der Waals surface area contributed by atoms with E-state index in [9.17, 15) is 9.90 Å². The van der Waals surface area contributed by atoms with Crippen LogP contribution in [0.25, 0.3) is 22.0 Å². The SMILES string of the molecule is CC(C)c1ccc(-c2cccc(Cn3cc(CC(=O)O)c4cc(OCc5ccccc5)ccc43)c2)cc1. The molecule has 0 spiro atoms. The van der Waals surface area contributed by atoms with Crippen molar-refractivity contribution in [3.63, 3.8) is 0 Å². The summed E-state index contributed by atoms with van der Waals surface area (Å²) in [5, 5.41) is 10.4. The molecule has 0 unspecified atom stereocenters. The van der Waals surface area contributed by atoms with E-state index < -0.39 is 5.97 Å². The van der Waals surface area contributed by atoms with E-state index in [4.69, 9.17) is 4.74 Å². The Morgan fingerprint density at radius 1 is 0.838 bits per heavy atom. The van der Waals surface area contributed by atoms with E-state index in [1.165, 1.54) is 16.7 Å². The molecular formula is C33H31NO3. The largest absolute Gasteiger partial charge is 0.489 e. The number of carboxylic acids is 1. The third-order valence-corrected chi connectivity index (χ3v) is 6.72. The minimum absolute atomic E-state index is 0.0339. The van der Waals surface area contributed by atoms with Gasteiger partial charge in [-0.2, -0.15) is 0 Å². The van der Waals surface area contributed by atoms with Crippen molar-refractivity contribution in [3.8, 4) is 16.9 Å². The zero-order valence-corrected chi connectivity index (χ0v) is 21.2. The highest BCUT2D eigenvalue weighted by Gasteiger charge is 2.14. The van der Waals surface area contributed by atoms with E-state index in [0.29, 0.717) is 19.1 Å². The Balaban J connectivity index is 1.42. The summed E-state index contributed by atoms with van der Waals surface area (Å²) in [7, 11) is 0. The zero-order chi connectivity index (χ0) is 25.8. The highest BCUT2D eigenvalue weighted by Crippen LogP contribution is 2.29. The number of fused-ring (bicyclic) bond motifs is 1. The number of carbonyl (C=O) groups is 1. The molecule has 0 fully saturated rings. The minimum Gasteiger partial charge on any atom is -0.489 e. The molecule has 186 valence electrons. The third kappa shape index (κ3) is 5.75. The Hall–Kier alpha value is -4.31. The Morgan fingerprint density at radius 2 is 1.59 bits per heavy atom. The molecule has 0 atom stereocenters. The second-order valence-corrected chi connectivity index (χ2v) is 9.78. The number of aromatic nitrogens is 1. The first-order chi connectivity index (χ1) is 18.0. The zero-order valence-electron chi connectivity index (χ0n) is 21.2. The van der Waals surface area contributed by atoms with Gasteiger partial charge in [0.05, 0.1) is 6.42 Å². The van der Waals surface area contributed by atoms with Crippen molar-refractivity contribution in [1.82, 2.24) is 4.57 Å². The lowest BCUT2D eigenvalue weighted by atomic mass is 9.98. The number of carboxylic acid groups (broad SMARTS) is 1. The van der Waals surface area contributed by atoms with Gasteiger partial charge in [-0.15, -0.1) is 0 Å². The number of hydrogen-bond donors (Lipinski definition) is 1. The van der Waals surface area contributed by atoms with Crippen LogP contribution in [0.3, 0.4) is 0 Å². The molecule has 4 aromatic carbocycles. The summed E-state index contributed by atoms with van der Waals surface area (Å²) in [4.78, 5) is 11.6. The fourth-order valence-electron chi connectivity index (χ4n) is 4.72. The summed E-state index contributed by atoms with van der Waals surface area (Å²) in [6, 6.07) is 33.3. The maximum atomic E-state index is 11.6. The van der Waals surface area contributed by atoms with Gasteiger partial charge < -0.3 is 14.4 Å². The first kappa shape index (κ1) is 24.4. The van der Waals surface area contributed by atoms with Gasteiger partial charge >= 0.3 is 5.97 Å². The van der Waals surface area contributed by atoms with Crippen LogP contribution in [0.15, 0.2) is 103 Å². The molecule has 1 aromatic heterocycles. The van der Waals surface area contributed by atoms with Gasteiger partial charge in [-0.1, -0.05) is 86.6 Å². The van der Waals surface area contributed by atoms with Crippen molar-refractivity contribution < 1.29 is 14.6 Å². The van der Waals surface area contributed by atoms with Crippen molar-refractivity contribution in [2.75, 3.05) is 0 Å². The van der Waals surface area contributed by atoms with Crippen LogP contribution >= 0.6 is 0 Å². The topological polar surface area (TPSA) is 51.5 Å². The van der Waals surface area contributed by atoms with Crippen LogP contribution in [-0.4, -0.2) is 15.6 Å². The molecule has 0 saturated heterocycles. The summed E-state index contributed by atoms with van der Waals surface area (Å²) in [6.07, 6.45) is 1.93. The Bertz CT molecular complexity index is 1520. The molecule has 37 heavy (non-hydrogen) atoms. The van der Waals surface area contributed by atoms with Crippen LogP contribution in [0, 0.1) is 0 Å². The van der Waals surface area contributed by atoms with Crippen molar-refractivity contribution >= 4 is 16.9 Å². The van der Waals surface area contributed by atoms with Crippen LogP contribution in [0.1, 0.15) is 42.0 Å². The summed E-state index contributed by atoms with van der Waals surface area (Å²) >= 11 is 0. The third-order valence-electron chi connectivity index (χ3n) is 6.72. The fourth-order valence-corrected chi connectivity index (χ4v) is 4.72. The normalized spacial score (nSPS) is 11.2. The molecule has 4 nitrogen and oxygen atoms in total. The number of aliphatic carboxylic acids is 1. The van der Waals surface area contributed by atoms with E-state index in [-0.39, 0.29) is 6.42 Å². The summed E-state index contributed by atoms with van der Waals surface area (Å²) in [5.74, 6) is 0.390. The highest BCUT2D eigenvalue weighted by atomic mass is 16.5. The number of hydrogen-bond acceptors (Lipinski definition) is 2. The van der Waals surface area contributed by atoms with Crippen LogP contribution in [0.4, 0.5) is 0 Å². The monoisotopic (exact) mass is 489 g/mol. The molecule has 5 aromatic rings. The summed E-state index contributed by atoms with van der Waals surface area (Å²) in [5.41, 5.74) is 7.72. The smallest absolute Gasteiger partial charge is 0.307 e. The number of rotatable bonds is 9. The average Bonchev–Trinajstić information content (AvgIpc) is 3.23. The lowest BCUT2D eigenvalue weighted by Gasteiger charge is -2.11. The maximum Gasteiger partial charge on any atom is 0.307 e. The maximum absolute atomic E-state index is 11.6. The fraction of sp³-hybridized carbons (Fsp3) is 0.182. The summed E-state index contributed by atoms with van der Waals surface area (Å²) in [6.45, 7) is 5.52. The lowest BCUT2D eigenvalue weighted by Crippen LogP contribution is -2.00. The minimum atomic E-state index is -0.846. The van der Waals surface area contributed by atoms with E-state index in [2.05, 4.69) is 66.9 Å². The quantitative estimate of drug-likeness (QED) is 0.231. The first-order valence-corrected chi connectivity index (χ1v) is 12.7. The molecule has 0 amide bonds.